The summed E-state index contributed by atoms with van der Waals surface area (Å²) in [5.41, 5.74) is 3.56. The number of carbonyl (C=O) groups is 1. The Hall–Kier alpha value is -2.79. The first-order valence-corrected chi connectivity index (χ1v) is 13.3. The Bertz CT molecular complexity index is 1270. The summed E-state index contributed by atoms with van der Waals surface area (Å²) in [4.78, 5) is 22.1. The molecule has 10 heteroatoms. The molecule has 0 radical (unpaired) electrons. The summed E-state index contributed by atoms with van der Waals surface area (Å²) in [7, 11) is -3.65. The number of rotatable bonds is 7. The molecular formula is C24H26N4O4S2. The number of nitrogens with one attached hydrogen (secondary N) is 1. The number of aromatic nitrogens is 2. The fraction of sp³-hybridized carbons (Fsp3) is 0.292. The van der Waals surface area contributed by atoms with E-state index in [1.165, 1.54) is 28.2 Å². The molecule has 1 aromatic heterocycles. The van der Waals surface area contributed by atoms with Crippen LogP contribution in [0.4, 0.5) is 5.69 Å². The molecule has 1 fully saturated rings. The second kappa shape index (κ2) is 10.6. The van der Waals surface area contributed by atoms with E-state index >= 15 is 0 Å². The highest BCUT2D eigenvalue weighted by Gasteiger charge is 2.26. The highest BCUT2D eigenvalue weighted by Crippen LogP contribution is 2.24. The van der Waals surface area contributed by atoms with Crippen LogP contribution in [0, 0.1) is 13.8 Å². The van der Waals surface area contributed by atoms with E-state index in [1.54, 1.807) is 24.3 Å². The molecule has 0 atom stereocenters. The van der Waals surface area contributed by atoms with Gasteiger partial charge in [0.25, 0.3) is 5.91 Å². The molecule has 0 unspecified atom stereocenters. The Morgan fingerprint density at radius 2 is 1.74 bits per heavy atom. The van der Waals surface area contributed by atoms with E-state index in [0.717, 1.165) is 17.0 Å². The van der Waals surface area contributed by atoms with E-state index in [1.807, 2.05) is 32.0 Å². The summed E-state index contributed by atoms with van der Waals surface area (Å²) in [6.45, 7) is 5.22. The first kappa shape index (κ1) is 24.3. The maximum Gasteiger partial charge on any atom is 0.255 e. The molecule has 0 aliphatic carbocycles. The maximum atomic E-state index is 13.1. The summed E-state index contributed by atoms with van der Waals surface area (Å²) in [6, 6.07) is 15.6. The second-order valence-corrected chi connectivity index (χ2v) is 10.8. The van der Waals surface area contributed by atoms with E-state index in [0.29, 0.717) is 48.5 Å². The number of thioether (sulfide) groups is 1. The van der Waals surface area contributed by atoms with Gasteiger partial charge >= 0.3 is 0 Å². The number of ether oxygens (including phenoxy) is 1. The van der Waals surface area contributed by atoms with Gasteiger partial charge in [0.15, 0.2) is 5.16 Å². The second-order valence-electron chi connectivity index (χ2n) is 7.88. The fourth-order valence-corrected chi connectivity index (χ4v) is 6.04. The standard InChI is InChI=1S/C24H26N4O4S2/c1-17-14-18(2)26-24(25-17)33-16-19-6-3-4-9-22(19)23(29)27-20-7-5-8-21(15-20)34(30,31)28-10-12-32-13-11-28/h3-9,14-15H,10-13,16H2,1-2H3,(H,27,29). The third kappa shape index (κ3) is 5.82. The molecule has 1 amide bonds. The van der Waals surface area contributed by atoms with Crippen LogP contribution in [-0.2, 0) is 20.5 Å². The first-order valence-electron chi connectivity index (χ1n) is 10.9. The summed E-state index contributed by atoms with van der Waals surface area (Å²) in [5, 5.41) is 3.50. The number of hydrogen-bond donors (Lipinski definition) is 1. The number of anilines is 1. The molecule has 1 N–H and O–H groups in total. The Morgan fingerprint density at radius 3 is 2.47 bits per heavy atom. The average molecular weight is 499 g/mol. The lowest BCUT2D eigenvalue weighted by Crippen LogP contribution is -2.40. The van der Waals surface area contributed by atoms with Gasteiger partial charge in [-0.15, -0.1) is 0 Å². The van der Waals surface area contributed by atoms with Gasteiger partial charge in [0.05, 0.1) is 18.1 Å². The van der Waals surface area contributed by atoms with Crippen LogP contribution in [0.25, 0.3) is 0 Å². The van der Waals surface area contributed by atoms with Crippen molar-refractivity contribution >= 4 is 33.4 Å². The van der Waals surface area contributed by atoms with Gasteiger partial charge in [0.2, 0.25) is 10.0 Å². The van der Waals surface area contributed by atoms with Gasteiger partial charge in [-0.2, -0.15) is 4.31 Å². The summed E-state index contributed by atoms with van der Waals surface area (Å²) >= 11 is 1.46. The van der Waals surface area contributed by atoms with Crippen molar-refractivity contribution in [2.24, 2.45) is 0 Å². The number of amides is 1. The molecule has 0 spiro atoms. The Balaban J connectivity index is 1.50. The number of benzene rings is 2. The van der Waals surface area contributed by atoms with Gasteiger partial charge in [0.1, 0.15) is 0 Å². The smallest absolute Gasteiger partial charge is 0.255 e. The third-order valence-electron chi connectivity index (χ3n) is 5.28. The van der Waals surface area contributed by atoms with Gasteiger partial charge in [-0.1, -0.05) is 36.0 Å². The van der Waals surface area contributed by atoms with Crippen LogP contribution in [0.2, 0.25) is 0 Å². The van der Waals surface area contributed by atoms with Gasteiger partial charge in [-0.25, -0.2) is 18.4 Å². The minimum absolute atomic E-state index is 0.142. The van der Waals surface area contributed by atoms with Gasteiger partial charge < -0.3 is 10.1 Å². The van der Waals surface area contributed by atoms with Crippen molar-refractivity contribution < 1.29 is 17.9 Å². The maximum absolute atomic E-state index is 13.1. The number of carbonyl (C=O) groups excluding carboxylic acids is 1. The van der Waals surface area contributed by atoms with Crippen LogP contribution in [0.3, 0.4) is 0 Å². The van der Waals surface area contributed by atoms with Crippen molar-refractivity contribution in [3.05, 3.63) is 77.1 Å². The monoisotopic (exact) mass is 498 g/mol. The Kier molecular flexibility index (Phi) is 7.62. The Morgan fingerprint density at radius 1 is 1.03 bits per heavy atom. The molecular weight excluding hydrogens is 472 g/mol. The lowest BCUT2D eigenvalue weighted by molar-refractivity contribution is 0.0730. The summed E-state index contributed by atoms with van der Waals surface area (Å²) in [5.74, 6) is 0.219. The molecule has 4 rings (SSSR count). The number of nitrogens with zero attached hydrogens (tertiary/aromatic N) is 3. The van der Waals surface area contributed by atoms with Crippen LogP contribution in [0.5, 0.6) is 0 Å². The van der Waals surface area contributed by atoms with Crippen LogP contribution in [-0.4, -0.2) is 54.9 Å². The van der Waals surface area contributed by atoms with Crippen molar-refractivity contribution in [2.45, 2.75) is 29.7 Å². The van der Waals surface area contributed by atoms with Crippen molar-refractivity contribution in [2.75, 3.05) is 31.6 Å². The molecule has 2 aromatic carbocycles. The van der Waals surface area contributed by atoms with E-state index in [2.05, 4.69) is 15.3 Å². The fourth-order valence-electron chi connectivity index (χ4n) is 3.64. The molecule has 34 heavy (non-hydrogen) atoms. The van der Waals surface area contributed by atoms with Crippen molar-refractivity contribution in [1.29, 1.82) is 0 Å². The zero-order valence-electron chi connectivity index (χ0n) is 19.0. The zero-order valence-corrected chi connectivity index (χ0v) is 20.7. The van der Waals surface area contributed by atoms with Crippen LogP contribution < -0.4 is 5.32 Å². The minimum atomic E-state index is -3.65. The molecule has 0 saturated carbocycles. The first-order chi connectivity index (χ1) is 16.3. The van der Waals surface area contributed by atoms with Crippen LogP contribution in [0.1, 0.15) is 27.3 Å². The van der Waals surface area contributed by atoms with E-state index in [9.17, 15) is 13.2 Å². The SMILES string of the molecule is Cc1cc(C)nc(SCc2ccccc2C(=O)Nc2cccc(S(=O)(=O)N3CCOCC3)c2)n1. The number of morpholine rings is 1. The predicted molar refractivity (Wildman–Crippen MR) is 131 cm³/mol. The molecule has 1 aliphatic heterocycles. The lowest BCUT2D eigenvalue weighted by atomic mass is 10.1. The van der Waals surface area contributed by atoms with Crippen LogP contribution in [0.15, 0.2) is 64.6 Å². The molecule has 8 nitrogen and oxygen atoms in total. The van der Waals surface area contributed by atoms with Gasteiger partial charge in [-0.05, 0) is 49.7 Å². The minimum Gasteiger partial charge on any atom is -0.379 e. The lowest BCUT2D eigenvalue weighted by Gasteiger charge is -2.26. The van der Waals surface area contributed by atoms with Gasteiger partial charge in [0, 0.05) is 41.5 Å². The van der Waals surface area contributed by atoms with E-state index in [-0.39, 0.29) is 10.8 Å². The highest BCUT2D eigenvalue weighted by molar-refractivity contribution is 7.98. The normalized spacial score (nSPS) is 14.6. The topological polar surface area (TPSA) is 101 Å². The average Bonchev–Trinajstić information content (AvgIpc) is 2.83. The molecule has 1 aliphatic rings. The third-order valence-corrected chi connectivity index (χ3v) is 8.07. The van der Waals surface area contributed by atoms with E-state index in [4.69, 9.17) is 4.74 Å². The van der Waals surface area contributed by atoms with E-state index < -0.39 is 10.0 Å². The van der Waals surface area contributed by atoms with Crippen molar-refractivity contribution in [3.63, 3.8) is 0 Å². The zero-order chi connectivity index (χ0) is 24.1. The molecule has 3 aromatic rings. The molecule has 2 heterocycles. The summed E-state index contributed by atoms with van der Waals surface area (Å²) in [6.07, 6.45) is 0. The number of sulfonamides is 1. The number of hydrogen-bond acceptors (Lipinski definition) is 7. The highest BCUT2D eigenvalue weighted by atomic mass is 32.2. The quantitative estimate of drug-likeness (QED) is 0.392. The Labute approximate surface area is 203 Å². The largest absolute Gasteiger partial charge is 0.379 e. The van der Waals surface area contributed by atoms with Crippen molar-refractivity contribution in [1.82, 2.24) is 14.3 Å². The number of aryl methyl sites for hydroxylation is 2. The summed E-state index contributed by atoms with van der Waals surface area (Å²) < 4.78 is 32.6. The van der Waals surface area contributed by atoms with Crippen LogP contribution >= 0.6 is 11.8 Å². The molecule has 178 valence electrons. The molecule has 1 saturated heterocycles. The predicted octanol–water partition coefficient (Wildman–Crippen LogP) is 3.66. The molecule has 0 bridgehead atoms. The van der Waals surface area contributed by atoms with Crippen molar-refractivity contribution in [3.8, 4) is 0 Å². The van der Waals surface area contributed by atoms with Gasteiger partial charge in [-0.3, -0.25) is 4.79 Å².